The zero-order valence-electron chi connectivity index (χ0n) is 14.3. The Morgan fingerprint density at radius 3 is 2.40 bits per heavy atom. The number of phenolic OH excluding ortho intramolecular Hbond substituents is 1. The van der Waals surface area contributed by atoms with Crippen LogP contribution in [0, 0.1) is 0 Å². The molecular formula is C19H23N3O2S. The molecule has 0 unspecified atom stereocenters. The molecule has 2 N–H and O–H groups in total. The van der Waals surface area contributed by atoms with Gasteiger partial charge in [-0.25, -0.2) is 0 Å². The topological polar surface area (TPSA) is 48.0 Å². The Balaban J connectivity index is 1.54. The average molecular weight is 357 g/mol. The van der Waals surface area contributed by atoms with E-state index in [1.54, 1.807) is 6.07 Å². The Kier molecular flexibility index (Phi) is 5.60. The Bertz CT molecular complexity index is 713. The first kappa shape index (κ1) is 17.4. The van der Waals surface area contributed by atoms with E-state index in [9.17, 15) is 5.11 Å². The summed E-state index contributed by atoms with van der Waals surface area (Å²) >= 11 is 5.54. The van der Waals surface area contributed by atoms with E-state index in [4.69, 9.17) is 17.0 Å². The number of hydrogen-bond acceptors (Lipinski definition) is 4. The summed E-state index contributed by atoms with van der Waals surface area (Å²) in [6.07, 6.45) is 0. The number of phenols is 1. The van der Waals surface area contributed by atoms with Crippen molar-refractivity contribution in [3.05, 3.63) is 48.5 Å². The number of hydrogen-bond donors (Lipinski definition) is 2. The first-order valence-electron chi connectivity index (χ1n) is 8.49. The van der Waals surface area contributed by atoms with Crippen molar-refractivity contribution in [3.8, 4) is 11.5 Å². The lowest BCUT2D eigenvalue weighted by molar-refractivity contribution is 0.340. The van der Waals surface area contributed by atoms with E-state index in [1.807, 2.05) is 49.4 Å². The summed E-state index contributed by atoms with van der Waals surface area (Å²) < 4.78 is 5.45. The largest absolute Gasteiger partial charge is 0.506 e. The summed E-state index contributed by atoms with van der Waals surface area (Å²) in [5, 5.41) is 14.0. The summed E-state index contributed by atoms with van der Waals surface area (Å²) in [6.45, 7) is 5.91. The molecule has 0 saturated carbocycles. The summed E-state index contributed by atoms with van der Waals surface area (Å²) in [7, 11) is 0. The maximum Gasteiger partial charge on any atom is 0.173 e. The van der Waals surface area contributed by atoms with Gasteiger partial charge in [0.05, 0.1) is 12.3 Å². The second kappa shape index (κ2) is 8.07. The number of nitrogens with one attached hydrogen (secondary N) is 1. The van der Waals surface area contributed by atoms with Gasteiger partial charge in [0, 0.05) is 31.9 Å². The lowest BCUT2D eigenvalue weighted by Gasteiger charge is -2.37. The number of anilines is 2. The molecule has 132 valence electrons. The predicted octanol–water partition coefficient (Wildman–Crippen LogP) is 3.31. The first-order chi connectivity index (χ1) is 12.2. The minimum atomic E-state index is 0.325. The van der Waals surface area contributed by atoms with Gasteiger partial charge in [-0.3, -0.25) is 0 Å². The minimum absolute atomic E-state index is 0.325. The molecule has 0 amide bonds. The normalized spacial score (nSPS) is 14.3. The molecule has 6 heteroatoms. The first-order valence-corrected chi connectivity index (χ1v) is 8.90. The van der Waals surface area contributed by atoms with Crippen LogP contribution in [0.4, 0.5) is 11.4 Å². The molecule has 0 aliphatic carbocycles. The van der Waals surface area contributed by atoms with E-state index < -0.39 is 0 Å². The smallest absolute Gasteiger partial charge is 0.173 e. The Morgan fingerprint density at radius 1 is 1.08 bits per heavy atom. The van der Waals surface area contributed by atoms with Crippen LogP contribution in [0.15, 0.2) is 48.5 Å². The van der Waals surface area contributed by atoms with E-state index in [2.05, 4.69) is 15.1 Å². The van der Waals surface area contributed by atoms with Crippen LogP contribution in [0.1, 0.15) is 6.92 Å². The van der Waals surface area contributed by atoms with Gasteiger partial charge in [0.2, 0.25) is 0 Å². The summed E-state index contributed by atoms with van der Waals surface area (Å²) in [5.41, 5.74) is 1.84. The lowest BCUT2D eigenvalue weighted by atomic mass is 10.2. The van der Waals surface area contributed by atoms with Gasteiger partial charge >= 0.3 is 0 Å². The van der Waals surface area contributed by atoms with E-state index in [0.717, 1.165) is 48.4 Å². The Morgan fingerprint density at radius 2 is 1.76 bits per heavy atom. The molecule has 3 rings (SSSR count). The van der Waals surface area contributed by atoms with Crippen molar-refractivity contribution in [1.82, 2.24) is 4.90 Å². The molecule has 1 saturated heterocycles. The molecule has 0 aromatic heterocycles. The van der Waals surface area contributed by atoms with Crippen LogP contribution < -0.4 is 15.0 Å². The van der Waals surface area contributed by atoms with E-state index >= 15 is 0 Å². The number of ether oxygens (including phenoxy) is 1. The molecule has 25 heavy (non-hydrogen) atoms. The van der Waals surface area contributed by atoms with Gasteiger partial charge in [0.1, 0.15) is 11.5 Å². The molecule has 1 heterocycles. The fourth-order valence-electron chi connectivity index (χ4n) is 2.89. The van der Waals surface area contributed by atoms with Crippen molar-refractivity contribution < 1.29 is 9.84 Å². The van der Waals surface area contributed by atoms with Gasteiger partial charge in [-0.1, -0.05) is 12.1 Å². The molecule has 0 atom stereocenters. The van der Waals surface area contributed by atoms with E-state index in [1.165, 1.54) is 0 Å². The highest BCUT2D eigenvalue weighted by atomic mass is 32.1. The predicted molar refractivity (Wildman–Crippen MR) is 106 cm³/mol. The minimum Gasteiger partial charge on any atom is -0.506 e. The highest BCUT2D eigenvalue weighted by molar-refractivity contribution is 7.80. The second-order valence-electron chi connectivity index (χ2n) is 5.85. The van der Waals surface area contributed by atoms with E-state index in [-0.39, 0.29) is 0 Å². The van der Waals surface area contributed by atoms with Gasteiger partial charge in [-0.2, -0.15) is 0 Å². The zero-order chi connectivity index (χ0) is 17.6. The van der Waals surface area contributed by atoms with Crippen molar-refractivity contribution in [2.24, 2.45) is 0 Å². The highest BCUT2D eigenvalue weighted by Gasteiger charge is 2.20. The Labute approximate surface area is 153 Å². The van der Waals surface area contributed by atoms with Gasteiger partial charge in [0.15, 0.2) is 5.11 Å². The number of rotatable bonds is 4. The van der Waals surface area contributed by atoms with Crippen molar-refractivity contribution in [3.63, 3.8) is 0 Å². The number of piperazine rings is 1. The third-order valence-electron chi connectivity index (χ3n) is 4.21. The fourth-order valence-corrected chi connectivity index (χ4v) is 3.19. The number of thiocarbonyl (C=S) groups is 1. The quantitative estimate of drug-likeness (QED) is 0.819. The summed E-state index contributed by atoms with van der Waals surface area (Å²) in [6, 6.07) is 15.3. The molecule has 1 aliphatic heterocycles. The van der Waals surface area contributed by atoms with Crippen LogP contribution in [0.5, 0.6) is 11.5 Å². The second-order valence-corrected chi connectivity index (χ2v) is 6.24. The molecule has 1 aliphatic rings. The van der Waals surface area contributed by atoms with Crippen molar-refractivity contribution in [2.75, 3.05) is 43.0 Å². The summed E-state index contributed by atoms with van der Waals surface area (Å²) in [5.74, 6) is 1.18. The molecule has 0 radical (unpaired) electrons. The molecule has 1 fully saturated rings. The number of benzene rings is 2. The third-order valence-corrected chi connectivity index (χ3v) is 4.57. The van der Waals surface area contributed by atoms with Crippen LogP contribution in [0.2, 0.25) is 0 Å². The monoisotopic (exact) mass is 357 g/mol. The van der Waals surface area contributed by atoms with Gasteiger partial charge in [0.25, 0.3) is 0 Å². The van der Waals surface area contributed by atoms with Gasteiger partial charge in [-0.05, 0) is 55.5 Å². The Hall–Kier alpha value is -2.47. The van der Waals surface area contributed by atoms with Crippen molar-refractivity contribution in [1.29, 1.82) is 0 Å². The number of aromatic hydroxyl groups is 1. The standard InChI is InChI=1S/C19H23N3O2S/c1-2-24-16-9-7-15(8-10-16)20-19(25)22-13-11-21(12-14-22)17-5-3-4-6-18(17)23/h3-10,23H,2,11-14H2,1H3,(H,20,25). The van der Waals surface area contributed by atoms with Crippen LogP contribution >= 0.6 is 12.2 Å². The van der Waals surface area contributed by atoms with Crippen LogP contribution in [0.25, 0.3) is 0 Å². The maximum absolute atomic E-state index is 9.99. The van der Waals surface area contributed by atoms with Gasteiger partial charge in [-0.15, -0.1) is 0 Å². The zero-order valence-corrected chi connectivity index (χ0v) is 15.1. The van der Waals surface area contributed by atoms with Crippen molar-refractivity contribution in [2.45, 2.75) is 6.92 Å². The van der Waals surface area contributed by atoms with Crippen LogP contribution in [-0.4, -0.2) is 47.9 Å². The molecule has 5 nitrogen and oxygen atoms in total. The molecule has 2 aromatic carbocycles. The third kappa shape index (κ3) is 4.33. The molecule has 2 aromatic rings. The van der Waals surface area contributed by atoms with Crippen LogP contribution in [-0.2, 0) is 0 Å². The number of nitrogens with zero attached hydrogens (tertiary/aromatic N) is 2. The average Bonchev–Trinajstić information content (AvgIpc) is 2.64. The lowest BCUT2D eigenvalue weighted by Crippen LogP contribution is -2.50. The summed E-state index contributed by atoms with van der Waals surface area (Å²) in [4.78, 5) is 4.34. The fraction of sp³-hybridized carbons (Fsp3) is 0.316. The SMILES string of the molecule is CCOc1ccc(NC(=S)N2CCN(c3ccccc3O)CC2)cc1. The number of para-hydroxylation sites is 2. The van der Waals surface area contributed by atoms with Crippen LogP contribution in [0.3, 0.4) is 0 Å². The molecule has 0 bridgehead atoms. The van der Waals surface area contributed by atoms with E-state index in [0.29, 0.717) is 12.4 Å². The van der Waals surface area contributed by atoms with Crippen molar-refractivity contribution >= 4 is 28.7 Å². The maximum atomic E-state index is 9.99. The highest BCUT2D eigenvalue weighted by Crippen LogP contribution is 2.27. The molecular weight excluding hydrogens is 334 g/mol. The molecule has 0 spiro atoms. The van der Waals surface area contributed by atoms with Gasteiger partial charge < -0.3 is 25.0 Å².